The van der Waals surface area contributed by atoms with Gasteiger partial charge in [-0.1, -0.05) is 43.3 Å². The average molecular weight is 329 g/mol. The molecule has 0 bridgehead atoms. The number of rotatable bonds is 4. The van der Waals surface area contributed by atoms with Gasteiger partial charge in [0, 0.05) is 24.2 Å². The van der Waals surface area contributed by atoms with Gasteiger partial charge in [-0.2, -0.15) is 0 Å². The van der Waals surface area contributed by atoms with E-state index >= 15 is 0 Å². The minimum atomic E-state index is -0.825. The van der Waals surface area contributed by atoms with Gasteiger partial charge in [0.05, 0.1) is 6.61 Å². The molecule has 1 saturated carbocycles. The van der Waals surface area contributed by atoms with Crippen LogP contribution in [0.25, 0.3) is 11.1 Å². The quantitative estimate of drug-likeness (QED) is 0.677. The van der Waals surface area contributed by atoms with Gasteiger partial charge in [-0.05, 0) is 42.7 Å². The third-order valence-corrected chi connectivity index (χ3v) is 4.94. The lowest BCUT2D eigenvalue weighted by Crippen LogP contribution is -2.11. The van der Waals surface area contributed by atoms with E-state index in [-0.39, 0.29) is 12.2 Å². The molecule has 2 aromatic rings. The molecule has 0 unspecified atom stereocenters. The molecule has 0 amide bonds. The number of ether oxygens (including phenoxy) is 1. The van der Waals surface area contributed by atoms with Crippen molar-refractivity contribution in [2.45, 2.75) is 39.2 Å². The second-order valence-electron chi connectivity index (χ2n) is 6.70. The van der Waals surface area contributed by atoms with Crippen LogP contribution in [0.4, 0.5) is 8.78 Å². The Kier molecular flexibility index (Phi) is 5.30. The van der Waals surface area contributed by atoms with E-state index in [0.717, 1.165) is 18.8 Å². The summed E-state index contributed by atoms with van der Waals surface area (Å²) in [6.07, 6.45) is 4.74. The highest BCUT2D eigenvalue weighted by molar-refractivity contribution is 5.65. The van der Waals surface area contributed by atoms with Crippen molar-refractivity contribution in [2.75, 3.05) is 7.11 Å². The summed E-state index contributed by atoms with van der Waals surface area (Å²) < 4.78 is 33.3. The molecule has 127 valence electrons. The maximum atomic E-state index is 14.3. The summed E-state index contributed by atoms with van der Waals surface area (Å²) in [5.41, 5.74) is 2.45. The fourth-order valence-electron chi connectivity index (χ4n) is 3.36. The van der Waals surface area contributed by atoms with Crippen molar-refractivity contribution >= 4 is 0 Å². The summed E-state index contributed by atoms with van der Waals surface area (Å²) in [5.74, 6) is 0.642. The highest BCUT2D eigenvalue weighted by Crippen LogP contribution is 2.35. The van der Waals surface area contributed by atoms with Crippen molar-refractivity contribution in [1.82, 2.24) is 0 Å². The van der Waals surface area contributed by atoms with E-state index in [9.17, 15) is 8.78 Å². The molecular weight excluding hydrogens is 306 g/mol. The number of hydrogen-bond donors (Lipinski definition) is 0. The topological polar surface area (TPSA) is 9.23 Å². The van der Waals surface area contributed by atoms with Crippen LogP contribution in [0.2, 0.25) is 0 Å². The maximum absolute atomic E-state index is 14.3. The first-order valence-electron chi connectivity index (χ1n) is 8.51. The summed E-state index contributed by atoms with van der Waals surface area (Å²) in [5, 5.41) is 0. The van der Waals surface area contributed by atoms with E-state index in [2.05, 4.69) is 6.92 Å². The Morgan fingerprint density at radius 2 is 1.54 bits per heavy atom. The smallest absolute Gasteiger partial charge is 0.167 e. The number of benzene rings is 2. The Hall–Kier alpha value is -1.74. The van der Waals surface area contributed by atoms with E-state index in [1.807, 2.05) is 24.3 Å². The minimum absolute atomic E-state index is 0.0682. The molecule has 1 radical (unpaired) electrons. The summed E-state index contributed by atoms with van der Waals surface area (Å²) in [7, 11) is 1.47. The first-order valence-corrected chi connectivity index (χ1v) is 8.51. The zero-order chi connectivity index (χ0) is 17.1. The Balaban J connectivity index is 1.82. The predicted molar refractivity (Wildman–Crippen MR) is 92.5 cm³/mol. The van der Waals surface area contributed by atoms with Crippen LogP contribution in [0.3, 0.4) is 0 Å². The molecule has 0 N–H and O–H groups in total. The first-order chi connectivity index (χ1) is 11.6. The van der Waals surface area contributed by atoms with Crippen LogP contribution in [0.5, 0.6) is 0 Å². The van der Waals surface area contributed by atoms with Gasteiger partial charge in [0.25, 0.3) is 0 Å². The van der Waals surface area contributed by atoms with Crippen molar-refractivity contribution in [3.8, 4) is 11.1 Å². The molecular formula is C21H23F2O. The monoisotopic (exact) mass is 329 g/mol. The number of halogens is 2. The molecule has 0 aliphatic heterocycles. The Labute approximate surface area is 142 Å². The normalized spacial score (nSPS) is 16.5. The average Bonchev–Trinajstić information content (AvgIpc) is 2.60. The van der Waals surface area contributed by atoms with Crippen LogP contribution < -0.4 is 0 Å². The fourth-order valence-corrected chi connectivity index (χ4v) is 3.36. The van der Waals surface area contributed by atoms with Crippen LogP contribution in [0.15, 0.2) is 36.4 Å². The van der Waals surface area contributed by atoms with Crippen LogP contribution in [-0.4, -0.2) is 7.11 Å². The highest BCUT2D eigenvalue weighted by atomic mass is 19.2. The van der Waals surface area contributed by atoms with E-state index in [1.54, 1.807) is 12.1 Å². The molecule has 2 aromatic carbocycles. The van der Waals surface area contributed by atoms with Crippen LogP contribution >= 0.6 is 0 Å². The largest absolute Gasteiger partial charge is 0.380 e. The number of hydrogen-bond acceptors (Lipinski definition) is 1. The van der Waals surface area contributed by atoms with Gasteiger partial charge in [0.15, 0.2) is 11.6 Å². The second kappa shape index (κ2) is 7.43. The molecule has 0 aromatic heterocycles. The van der Waals surface area contributed by atoms with Gasteiger partial charge in [-0.25, -0.2) is 8.78 Å². The van der Waals surface area contributed by atoms with Crippen molar-refractivity contribution in [3.05, 3.63) is 65.1 Å². The van der Waals surface area contributed by atoms with Gasteiger partial charge >= 0.3 is 0 Å². The predicted octanol–water partition coefficient (Wildman–Crippen LogP) is 5.91. The van der Waals surface area contributed by atoms with Crippen molar-refractivity contribution in [3.63, 3.8) is 0 Å². The molecule has 1 nitrogen and oxygen atoms in total. The van der Waals surface area contributed by atoms with Crippen molar-refractivity contribution < 1.29 is 13.5 Å². The molecule has 3 rings (SSSR count). The maximum Gasteiger partial charge on any atom is 0.167 e. The van der Waals surface area contributed by atoms with E-state index in [1.165, 1.54) is 31.4 Å². The van der Waals surface area contributed by atoms with Crippen LogP contribution in [-0.2, 0) is 11.3 Å². The lowest BCUT2D eigenvalue weighted by atomic mass is 9.79. The van der Waals surface area contributed by atoms with Gasteiger partial charge in [0.2, 0.25) is 0 Å². The summed E-state index contributed by atoms with van der Waals surface area (Å²) in [6, 6.07) is 11.0. The molecule has 0 heterocycles. The minimum Gasteiger partial charge on any atom is -0.380 e. The summed E-state index contributed by atoms with van der Waals surface area (Å²) in [4.78, 5) is 0. The van der Waals surface area contributed by atoms with E-state index in [0.29, 0.717) is 11.1 Å². The van der Waals surface area contributed by atoms with Gasteiger partial charge < -0.3 is 4.74 Å². The molecule has 1 aliphatic rings. The molecule has 3 heteroatoms. The zero-order valence-corrected chi connectivity index (χ0v) is 14.2. The lowest BCUT2D eigenvalue weighted by molar-refractivity contribution is 0.180. The molecule has 24 heavy (non-hydrogen) atoms. The SMILES string of the molecule is COCc1ccc(-c2ccc([C]3CCC(C)CC3)cc2)c(F)c1F. The van der Waals surface area contributed by atoms with Crippen LogP contribution in [0.1, 0.15) is 43.7 Å². The van der Waals surface area contributed by atoms with Gasteiger partial charge in [-0.15, -0.1) is 0 Å². The van der Waals surface area contributed by atoms with Gasteiger partial charge in [-0.3, -0.25) is 0 Å². The molecule has 0 saturated heterocycles. The molecule has 1 aliphatic carbocycles. The van der Waals surface area contributed by atoms with E-state index in [4.69, 9.17) is 4.74 Å². The first kappa shape index (κ1) is 17.1. The third-order valence-electron chi connectivity index (χ3n) is 4.94. The summed E-state index contributed by atoms with van der Waals surface area (Å²) in [6.45, 7) is 2.36. The van der Waals surface area contributed by atoms with E-state index < -0.39 is 11.6 Å². The highest BCUT2D eigenvalue weighted by Gasteiger charge is 2.20. The zero-order valence-electron chi connectivity index (χ0n) is 14.2. The molecule has 0 atom stereocenters. The third kappa shape index (κ3) is 3.51. The van der Waals surface area contributed by atoms with Crippen LogP contribution in [0, 0.1) is 23.5 Å². The summed E-state index contributed by atoms with van der Waals surface area (Å²) >= 11 is 0. The molecule has 0 spiro atoms. The Morgan fingerprint density at radius 1 is 0.917 bits per heavy atom. The number of methoxy groups -OCH3 is 1. The Morgan fingerprint density at radius 3 is 2.17 bits per heavy atom. The standard InChI is InChI=1S/C21H23F2O/c1-14-3-5-15(6-4-14)16-7-9-17(10-8-16)19-12-11-18(13-24-2)20(22)21(19)23/h7-12,14H,3-6,13H2,1-2H3. The van der Waals surface area contributed by atoms with Crippen molar-refractivity contribution in [1.29, 1.82) is 0 Å². The molecule has 1 fully saturated rings. The second-order valence-corrected chi connectivity index (χ2v) is 6.70. The van der Waals surface area contributed by atoms with Crippen molar-refractivity contribution in [2.24, 2.45) is 5.92 Å². The lowest BCUT2D eigenvalue weighted by Gasteiger charge is -2.26. The van der Waals surface area contributed by atoms with Gasteiger partial charge in [0.1, 0.15) is 0 Å². The fraction of sp³-hybridized carbons (Fsp3) is 0.381. The Bertz CT molecular complexity index is 686.